The van der Waals surface area contributed by atoms with Crippen LogP contribution in [0.4, 0.5) is 21.1 Å². The number of benzene rings is 2. The molecule has 1 N–H and O–H groups in total. The maximum atomic E-state index is 12.7. The third-order valence-electron chi connectivity index (χ3n) is 10.4. The van der Waals surface area contributed by atoms with Gasteiger partial charge in [0.1, 0.15) is 18.0 Å². The quantitative estimate of drug-likeness (QED) is 0.337. The van der Waals surface area contributed by atoms with E-state index in [4.69, 9.17) is 31.0 Å². The molecule has 1 aliphatic carbocycles. The van der Waals surface area contributed by atoms with Crippen LogP contribution in [-0.4, -0.2) is 118 Å². The SMILES string of the molecule is CC(C)(C)OC(=O)N1CCN(C2(COc3nc4c(c(N5CCN(C(=O)O)C(CC#N)C5)n3)CCN(c3cccc5cccc(Cl)c35)C4)CC2)CC1. The van der Waals surface area contributed by atoms with Crippen molar-refractivity contribution in [3.63, 3.8) is 0 Å². The van der Waals surface area contributed by atoms with Gasteiger partial charge in [0.15, 0.2) is 0 Å². The highest BCUT2D eigenvalue weighted by molar-refractivity contribution is 6.36. The summed E-state index contributed by atoms with van der Waals surface area (Å²) in [5.74, 6) is 0.745. The van der Waals surface area contributed by atoms with E-state index in [1.807, 2.05) is 39.0 Å². The summed E-state index contributed by atoms with van der Waals surface area (Å²) in [7, 11) is 0. The Morgan fingerprint density at radius 2 is 1.76 bits per heavy atom. The number of aromatic nitrogens is 2. The summed E-state index contributed by atoms with van der Waals surface area (Å²) in [6.45, 7) is 11.0. The van der Waals surface area contributed by atoms with Crippen LogP contribution in [0.2, 0.25) is 5.02 Å². The minimum absolute atomic E-state index is 0.0960. The van der Waals surface area contributed by atoms with Crippen LogP contribution in [0.5, 0.6) is 6.01 Å². The molecule has 0 bridgehead atoms. The summed E-state index contributed by atoms with van der Waals surface area (Å²) in [6.07, 6.45) is 1.45. The van der Waals surface area contributed by atoms with Crippen LogP contribution in [0, 0.1) is 11.3 Å². The van der Waals surface area contributed by atoms with Gasteiger partial charge < -0.3 is 34.2 Å². The molecule has 4 aliphatic rings. The van der Waals surface area contributed by atoms with Crippen molar-refractivity contribution < 1.29 is 24.2 Å². The number of halogens is 1. The number of hydrogen-bond donors (Lipinski definition) is 1. The molecule has 2 saturated heterocycles. The molecule has 3 fully saturated rings. The molecule has 4 heterocycles. The highest BCUT2D eigenvalue weighted by Gasteiger charge is 2.50. The molecule has 2 aromatic carbocycles. The number of carbonyl (C=O) groups excluding carboxylic acids is 1. The van der Waals surface area contributed by atoms with Crippen LogP contribution in [0.1, 0.15) is 51.3 Å². The number of carbonyl (C=O) groups is 2. The number of anilines is 2. The fraction of sp³-hybridized carbons (Fsp3) is 0.541. The molecule has 14 heteroatoms. The van der Waals surface area contributed by atoms with Gasteiger partial charge in [0.05, 0.1) is 41.3 Å². The standard InChI is InChI=1S/C37H45ClN8O5/c1-36(2,3)51-35(49)42-16-19-45(20-17-42)37(12-13-37)24-50-33-40-29-23-43(30-9-5-7-25-6-4-8-28(38)31(25)30)15-11-27(29)32(41-33)44-18-21-46(34(47)48)26(22-44)10-14-39/h4-9,26H,10-13,15-24H2,1-3H3,(H,47,48). The highest BCUT2D eigenvalue weighted by Crippen LogP contribution is 2.43. The molecule has 1 aromatic heterocycles. The van der Waals surface area contributed by atoms with Crippen LogP contribution >= 0.6 is 11.6 Å². The number of hydrogen-bond acceptors (Lipinski definition) is 10. The van der Waals surface area contributed by atoms with E-state index in [1.54, 1.807) is 4.90 Å². The zero-order valence-corrected chi connectivity index (χ0v) is 30.2. The zero-order valence-electron chi connectivity index (χ0n) is 29.5. The van der Waals surface area contributed by atoms with E-state index in [0.717, 1.165) is 66.0 Å². The summed E-state index contributed by atoms with van der Waals surface area (Å²) in [5.41, 5.74) is 2.24. The highest BCUT2D eigenvalue weighted by atomic mass is 35.5. The second-order valence-corrected chi connectivity index (χ2v) is 15.4. The minimum atomic E-state index is -1.02. The van der Waals surface area contributed by atoms with E-state index in [-0.39, 0.29) is 30.6 Å². The number of ether oxygens (including phenoxy) is 2. The van der Waals surface area contributed by atoms with Crippen LogP contribution < -0.4 is 14.5 Å². The average molecular weight is 717 g/mol. The van der Waals surface area contributed by atoms with Gasteiger partial charge in [-0.3, -0.25) is 4.90 Å². The smallest absolute Gasteiger partial charge is 0.410 e. The van der Waals surface area contributed by atoms with Crippen molar-refractivity contribution in [3.05, 3.63) is 52.7 Å². The largest absolute Gasteiger partial charge is 0.465 e. The first-order valence-corrected chi connectivity index (χ1v) is 18.1. The molecule has 1 unspecified atom stereocenters. The molecule has 3 aliphatic heterocycles. The average Bonchev–Trinajstić information content (AvgIpc) is 3.90. The lowest BCUT2D eigenvalue weighted by Gasteiger charge is -2.41. The molecule has 270 valence electrons. The van der Waals surface area contributed by atoms with Crippen LogP contribution in [0.25, 0.3) is 10.8 Å². The van der Waals surface area contributed by atoms with Crippen molar-refractivity contribution in [2.24, 2.45) is 0 Å². The Bertz CT molecular complexity index is 1840. The van der Waals surface area contributed by atoms with Crippen molar-refractivity contribution in [2.45, 2.75) is 70.2 Å². The van der Waals surface area contributed by atoms with Crippen molar-refractivity contribution in [1.29, 1.82) is 5.26 Å². The first-order valence-electron chi connectivity index (χ1n) is 17.7. The molecule has 13 nitrogen and oxygen atoms in total. The first kappa shape index (κ1) is 34.9. The van der Waals surface area contributed by atoms with Gasteiger partial charge in [-0.15, -0.1) is 0 Å². The van der Waals surface area contributed by atoms with Gasteiger partial charge in [-0.1, -0.05) is 35.9 Å². The number of piperazine rings is 2. The van der Waals surface area contributed by atoms with Crippen LogP contribution in [0.3, 0.4) is 0 Å². The van der Waals surface area contributed by atoms with Crippen molar-refractivity contribution >= 4 is 46.1 Å². The number of carboxylic acid groups (broad SMARTS) is 1. The Hall–Kier alpha value is -4.54. The maximum Gasteiger partial charge on any atom is 0.410 e. The molecule has 3 aromatic rings. The zero-order chi connectivity index (χ0) is 35.9. The molecular weight excluding hydrogens is 672 g/mol. The van der Waals surface area contributed by atoms with Gasteiger partial charge in [-0.05, 0) is 57.6 Å². The molecule has 1 saturated carbocycles. The van der Waals surface area contributed by atoms with Gasteiger partial charge in [0.2, 0.25) is 0 Å². The summed E-state index contributed by atoms with van der Waals surface area (Å²) in [5, 5.41) is 22.1. The maximum absolute atomic E-state index is 12.7. The molecular formula is C37H45ClN8O5. The monoisotopic (exact) mass is 716 g/mol. The lowest BCUT2D eigenvalue weighted by Crippen LogP contribution is -2.55. The Labute approximate surface area is 303 Å². The molecule has 1 atom stereocenters. The predicted octanol–water partition coefficient (Wildman–Crippen LogP) is 5.39. The van der Waals surface area contributed by atoms with Gasteiger partial charge >= 0.3 is 18.2 Å². The fourth-order valence-corrected chi connectivity index (χ4v) is 7.90. The topological polar surface area (TPSA) is 139 Å². The van der Waals surface area contributed by atoms with Gasteiger partial charge in [-0.25, -0.2) is 9.59 Å². The third kappa shape index (κ3) is 7.30. The van der Waals surface area contributed by atoms with Crippen molar-refractivity contribution in [1.82, 2.24) is 24.7 Å². The second-order valence-electron chi connectivity index (χ2n) is 14.9. The second kappa shape index (κ2) is 13.9. The molecule has 0 spiro atoms. The molecule has 2 amide bonds. The number of fused-ring (bicyclic) bond motifs is 2. The predicted molar refractivity (Wildman–Crippen MR) is 194 cm³/mol. The van der Waals surface area contributed by atoms with E-state index in [2.05, 4.69) is 39.0 Å². The Morgan fingerprint density at radius 1 is 1.02 bits per heavy atom. The normalized spacial score (nSPS) is 20.5. The number of nitriles is 1. The van der Waals surface area contributed by atoms with E-state index in [9.17, 15) is 20.0 Å². The van der Waals surface area contributed by atoms with E-state index < -0.39 is 17.7 Å². The van der Waals surface area contributed by atoms with Crippen molar-refractivity contribution in [2.75, 3.05) is 68.8 Å². The van der Waals surface area contributed by atoms with Crippen molar-refractivity contribution in [3.8, 4) is 12.1 Å². The van der Waals surface area contributed by atoms with Crippen LogP contribution in [-0.2, 0) is 17.7 Å². The number of amides is 2. The van der Waals surface area contributed by atoms with Crippen LogP contribution in [0.15, 0.2) is 36.4 Å². The Morgan fingerprint density at radius 3 is 2.45 bits per heavy atom. The summed E-state index contributed by atoms with van der Waals surface area (Å²) in [4.78, 5) is 44.6. The first-order chi connectivity index (χ1) is 24.4. The lowest BCUT2D eigenvalue weighted by atomic mass is 10.0. The Kier molecular flexibility index (Phi) is 9.50. The van der Waals surface area contributed by atoms with E-state index >= 15 is 0 Å². The number of nitrogens with zero attached hydrogens (tertiary/aromatic N) is 8. The summed E-state index contributed by atoms with van der Waals surface area (Å²) in [6, 6.07) is 14.1. The number of rotatable bonds is 7. The van der Waals surface area contributed by atoms with Gasteiger partial charge in [0, 0.05) is 69.0 Å². The molecule has 0 radical (unpaired) electrons. The Balaban J connectivity index is 1.14. The molecule has 7 rings (SSSR count). The third-order valence-corrected chi connectivity index (χ3v) is 10.8. The van der Waals surface area contributed by atoms with Gasteiger partial charge in [0.25, 0.3) is 0 Å². The van der Waals surface area contributed by atoms with E-state index in [0.29, 0.717) is 50.8 Å². The minimum Gasteiger partial charge on any atom is -0.465 e. The molecule has 51 heavy (non-hydrogen) atoms. The summed E-state index contributed by atoms with van der Waals surface area (Å²) >= 11 is 6.73. The van der Waals surface area contributed by atoms with E-state index in [1.165, 1.54) is 4.90 Å². The summed E-state index contributed by atoms with van der Waals surface area (Å²) < 4.78 is 12.1. The van der Waals surface area contributed by atoms with Gasteiger partial charge in [-0.2, -0.15) is 15.2 Å². The fourth-order valence-electron chi connectivity index (χ4n) is 7.62. The lowest BCUT2D eigenvalue weighted by molar-refractivity contribution is 0.00439.